The average molecular weight is 260 g/mol. The smallest absolute Gasteiger partial charge is 0.150 e. The van der Waals surface area contributed by atoms with Gasteiger partial charge in [0.2, 0.25) is 0 Å². The molecule has 2 aliphatic rings. The summed E-state index contributed by atoms with van der Waals surface area (Å²) in [6, 6.07) is 0.0496. The zero-order chi connectivity index (χ0) is 12.3. The standard InChI is InChI=1S/C11H20N2O3S/c12-13-11(10-2-1-4-16-7-10)6-9-3-5-17(14,15)8-9/h7,9,11,13H,1-6,8,12H2. The van der Waals surface area contributed by atoms with Crippen LogP contribution in [0.4, 0.5) is 0 Å². The van der Waals surface area contributed by atoms with Crippen LogP contribution < -0.4 is 11.3 Å². The van der Waals surface area contributed by atoms with Gasteiger partial charge in [0, 0.05) is 6.04 Å². The Kier molecular flexibility index (Phi) is 4.06. The van der Waals surface area contributed by atoms with Crippen LogP contribution in [-0.2, 0) is 14.6 Å². The maximum absolute atomic E-state index is 11.4. The first-order valence-corrected chi connectivity index (χ1v) is 7.90. The summed E-state index contributed by atoms with van der Waals surface area (Å²) in [6.45, 7) is 0.762. The molecule has 0 bridgehead atoms. The van der Waals surface area contributed by atoms with Crippen molar-refractivity contribution in [3.05, 3.63) is 11.8 Å². The first-order valence-electron chi connectivity index (χ1n) is 6.08. The Bertz CT molecular complexity index is 392. The summed E-state index contributed by atoms with van der Waals surface area (Å²) >= 11 is 0. The fourth-order valence-corrected chi connectivity index (χ4v) is 4.44. The lowest BCUT2D eigenvalue weighted by atomic mass is 9.92. The van der Waals surface area contributed by atoms with Crippen molar-refractivity contribution in [2.45, 2.75) is 31.7 Å². The topological polar surface area (TPSA) is 81.4 Å². The van der Waals surface area contributed by atoms with Crippen molar-refractivity contribution in [1.29, 1.82) is 0 Å². The van der Waals surface area contributed by atoms with Crippen LogP contribution in [-0.4, -0.2) is 32.6 Å². The van der Waals surface area contributed by atoms with Gasteiger partial charge in [-0.3, -0.25) is 11.3 Å². The Balaban J connectivity index is 1.94. The molecule has 0 spiro atoms. The molecule has 3 N–H and O–H groups in total. The highest BCUT2D eigenvalue weighted by Gasteiger charge is 2.30. The molecule has 17 heavy (non-hydrogen) atoms. The van der Waals surface area contributed by atoms with Crippen LogP contribution in [0.15, 0.2) is 11.8 Å². The molecule has 2 aliphatic heterocycles. The molecule has 0 aromatic carbocycles. The van der Waals surface area contributed by atoms with Gasteiger partial charge < -0.3 is 4.74 Å². The van der Waals surface area contributed by atoms with E-state index in [1.807, 2.05) is 0 Å². The third-order valence-electron chi connectivity index (χ3n) is 3.51. The van der Waals surface area contributed by atoms with E-state index in [1.54, 1.807) is 6.26 Å². The predicted molar refractivity (Wildman–Crippen MR) is 65.8 cm³/mol. The summed E-state index contributed by atoms with van der Waals surface area (Å²) in [5.41, 5.74) is 3.94. The summed E-state index contributed by atoms with van der Waals surface area (Å²) in [5, 5.41) is 0. The van der Waals surface area contributed by atoms with Crippen LogP contribution in [0.5, 0.6) is 0 Å². The number of hydrogen-bond donors (Lipinski definition) is 2. The molecule has 1 fully saturated rings. The van der Waals surface area contributed by atoms with Gasteiger partial charge in [0.05, 0.1) is 24.4 Å². The fourth-order valence-electron chi connectivity index (χ4n) is 2.56. The monoisotopic (exact) mass is 260 g/mol. The second-order valence-electron chi connectivity index (χ2n) is 4.89. The van der Waals surface area contributed by atoms with Crippen molar-refractivity contribution in [2.24, 2.45) is 11.8 Å². The van der Waals surface area contributed by atoms with Crippen LogP contribution in [0.2, 0.25) is 0 Å². The van der Waals surface area contributed by atoms with Gasteiger partial charge in [-0.1, -0.05) is 0 Å². The van der Waals surface area contributed by atoms with Gasteiger partial charge in [0.1, 0.15) is 0 Å². The summed E-state index contributed by atoms with van der Waals surface area (Å²) in [6.07, 6.45) is 5.30. The first kappa shape index (κ1) is 12.9. The van der Waals surface area contributed by atoms with Gasteiger partial charge in [-0.15, -0.1) is 0 Å². The quantitative estimate of drug-likeness (QED) is 0.562. The average Bonchev–Trinajstić information content (AvgIpc) is 2.67. The van der Waals surface area contributed by atoms with Crippen LogP contribution in [0.25, 0.3) is 0 Å². The Morgan fingerprint density at radius 2 is 2.41 bits per heavy atom. The molecule has 1 saturated heterocycles. The van der Waals surface area contributed by atoms with Crippen molar-refractivity contribution in [3.8, 4) is 0 Å². The number of nitrogens with two attached hydrogens (primary N) is 1. The Morgan fingerprint density at radius 1 is 1.59 bits per heavy atom. The largest absolute Gasteiger partial charge is 0.501 e. The number of hydrogen-bond acceptors (Lipinski definition) is 5. The van der Waals surface area contributed by atoms with E-state index in [-0.39, 0.29) is 12.0 Å². The molecule has 0 aromatic heterocycles. The van der Waals surface area contributed by atoms with Gasteiger partial charge in [-0.05, 0) is 37.2 Å². The number of rotatable bonds is 4. The molecule has 0 aromatic rings. The van der Waals surface area contributed by atoms with E-state index in [0.29, 0.717) is 11.5 Å². The summed E-state index contributed by atoms with van der Waals surface area (Å²) in [7, 11) is -2.80. The highest BCUT2D eigenvalue weighted by atomic mass is 32.2. The van der Waals surface area contributed by atoms with Crippen molar-refractivity contribution in [3.63, 3.8) is 0 Å². The molecule has 0 saturated carbocycles. The lowest BCUT2D eigenvalue weighted by molar-refractivity contribution is 0.217. The Morgan fingerprint density at radius 3 is 2.94 bits per heavy atom. The summed E-state index contributed by atoms with van der Waals surface area (Å²) in [4.78, 5) is 0. The second kappa shape index (κ2) is 5.37. The van der Waals surface area contributed by atoms with Crippen molar-refractivity contribution >= 4 is 9.84 Å². The molecule has 0 aliphatic carbocycles. The van der Waals surface area contributed by atoms with E-state index >= 15 is 0 Å². The molecule has 2 rings (SSSR count). The van der Waals surface area contributed by atoms with Crippen LogP contribution >= 0.6 is 0 Å². The van der Waals surface area contributed by atoms with E-state index in [9.17, 15) is 8.42 Å². The third kappa shape index (κ3) is 3.43. The molecule has 2 atom stereocenters. The van der Waals surface area contributed by atoms with Gasteiger partial charge in [-0.25, -0.2) is 8.42 Å². The maximum Gasteiger partial charge on any atom is 0.150 e. The SMILES string of the molecule is NNC(CC1CCS(=O)(=O)C1)C1=COCCC1. The van der Waals surface area contributed by atoms with Crippen LogP contribution in [0.1, 0.15) is 25.7 Å². The highest BCUT2D eigenvalue weighted by molar-refractivity contribution is 7.91. The number of ether oxygens (including phenoxy) is 1. The second-order valence-corrected chi connectivity index (χ2v) is 7.12. The van der Waals surface area contributed by atoms with Crippen molar-refractivity contribution in [1.82, 2.24) is 5.43 Å². The molecular weight excluding hydrogens is 240 g/mol. The predicted octanol–water partition coefficient (Wildman–Crippen LogP) is 0.337. The Hall–Kier alpha value is -0.590. The van der Waals surface area contributed by atoms with Gasteiger partial charge >= 0.3 is 0 Å². The summed E-state index contributed by atoms with van der Waals surface area (Å²) < 4.78 is 28.1. The Labute approximate surface area is 102 Å². The first-order chi connectivity index (χ1) is 8.11. The van der Waals surface area contributed by atoms with E-state index in [4.69, 9.17) is 10.6 Å². The van der Waals surface area contributed by atoms with E-state index < -0.39 is 9.84 Å². The van der Waals surface area contributed by atoms with Gasteiger partial charge in [0.25, 0.3) is 0 Å². The summed E-state index contributed by atoms with van der Waals surface area (Å²) in [5.74, 6) is 6.41. The molecule has 0 amide bonds. The molecular formula is C11H20N2O3S. The molecule has 2 heterocycles. The van der Waals surface area contributed by atoms with E-state index in [1.165, 1.54) is 0 Å². The van der Waals surface area contributed by atoms with Gasteiger partial charge in [-0.2, -0.15) is 0 Å². The molecule has 6 heteroatoms. The number of sulfone groups is 1. The van der Waals surface area contributed by atoms with E-state index in [0.717, 1.165) is 37.9 Å². The minimum Gasteiger partial charge on any atom is -0.501 e. The van der Waals surface area contributed by atoms with Crippen LogP contribution in [0.3, 0.4) is 0 Å². The zero-order valence-corrected chi connectivity index (χ0v) is 10.7. The molecule has 0 radical (unpaired) electrons. The zero-order valence-electron chi connectivity index (χ0n) is 9.89. The molecule has 98 valence electrons. The van der Waals surface area contributed by atoms with Gasteiger partial charge in [0.15, 0.2) is 9.84 Å². The minimum absolute atomic E-state index is 0.0496. The van der Waals surface area contributed by atoms with Crippen LogP contribution in [0, 0.1) is 5.92 Å². The minimum atomic E-state index is -2.80. The lowest BCUT2D eigenvalue weighted by Crippen LogP contribution is -2.39. The normalized spacial score (nSPS) is 29.5. The van der Waals surface area contributed by atoms with E-state index in [2.05, 4.69) is 5.43 Å². The third-order valence-corrected chi connectivity index (χ3v) is 5.34. The number of hydrazine groups is 1. The maximum atomic E-state index is 11.4. The van der Waals surface area contributed by atoms with Crippen molar-refractivity contribution in [2.75, 3.05) is 18.1 Å². The lowest BCUT2D eigenvalue weighted by Gasteiger charge is -2.24. The fraction of sp³-hybridized carbons (Fsp3) is 0.818. The molecule has 2 unspecified atom stereocenters. The number of nitrogens with one attached hydrogen (secondary N) is 1. The molecule has 5 nitrogen and oxygen atoms in total. The van der Waals surface area contributed by atoms with Crippen molar-refractivity contribution < 1.29 is 13.2 Å². The highest BCUT2D eigenvalue weighted by Crippen LogP contribution is 2.27.